The number of nitrogens with zero attached hydrogens (tertiary/aromatic N) is 3. The van der Waals surface area contributed by atoms with Crippen molar-refractivity contribution in [3.8, 4) is 6.19 Å². The van der Waals surface area contributed by atoms with Crippen LogP contribution in [-0.2, 0) is 4.74 Å². The van der Waals surface area contributed by atoms with E-state index in [1.54, 1.807) is 18.5 Å². The Labute approximate surface area is 100 Å². The van der Waals surface area contributed by atoms with E-state index in [2.05, 4.69) is 20.6 Å². The molecule has 0 saturated carbocycles. The topological polar surface area (TPSA) is 82.3 Å². The molecule has 0 aliphatic heterocycles. The van der Waals surface area contributed by atoms with Crippen molar-refractivity contribution in [2.24, 2.45) is 4.99 Å². The van der Waals surface area contributed by atoms with Crippen LogP contribution in [-0.4, -0.2) is 30.7 Å². The minimum absolute atomic E-state index is 0.389. The molecule has 17 heavy (non-hydrogen) atoms. The first-order valence-corrected chi connectivity index (χ1v) is 5.31. The fourth-order valence-electron chi connectivity index (χ4n) is 1.10. The highest BCUT2D eigenvalue weighted by molar-refractivity contribution is 5.94. The minimum atomic E-state index is 0.389. The van der Waals surface area contributed by atoms with Gasteiger partial charge in [-0.15, -0.1) is 0 Å². The molecule has 0 aliphatic rings. The van der Waals surface area contributed by atoms with E-state index in [-0.39, 0.29) is 0 Å². The number of ether oxygens (including phenoxy) is 1. The lowest BCUT2D eigenvalue weighted by molar-refractivity contribution is 0.156. The van der Waals surface area contributed by atoms with Gasteiger partial charge in [-0.1, -0.05) is 0 Å². The van der Waals surface area contributed by atoms with Crippen LogP contribution in [0, 0.1) is 11.5 Å². The molecule has 0 saturated heterocycles. The van der Waals surface area contributed by atoms with E-state index in [4.69, 9.17) is 10.00 Å². The van der Waals surface area contributed by atoms with Gasteiger partial charge in [-0.3, -0.25) is 10.3 Å². The Balaban J connectivity index is 2.51. The molecule has 1 aromatic heterocycles. The third-order valence-corrected chi connectivity index (χ3v) is 1.81. The maximum absolute atomic E-state index is 8.59. The summed E-state index contributed by atoms with van der Waals surface area (Å²) in [5.74, 6) is 0.389. The van der Waals surface area contributed by atoms with Crippen LogP contribution in [0.25, 0.3) is 0 Å². The number of pyridine rings is 1. The highest BCUT2D eigenvalue weighted by atomic mass is 16.5. The molecule has 0 bridgehead atoms. The molecule has 0 spiro atoms. The van der Waals surface area contributed by atoms with Gasteiger partial charge < -0.3 is 10.1 Å². The molecule has 0 amide bonds. The Hall–Kier alpha value is -2.13. The van der Waals surface area contributed by atoms with Crippen molar-refractivity contribution < 1.29 is 4.74 Å². The van der Waals surface area contributed by atoms with Crippen LogP contribution < -0.4 is 10.6 Å². The van der Waals surface area contributed by atoms with Crippen molar-refractivity contribution in [2.45, 2.75) is 6.92 Å². The van der Waals surface area contributed by atoms with Crippen LogP contribution in [0.1, 0.15) is 6.92 Å². The zero-order valence-corrected chi connectivity index (χ0v) is 9.68. The Morgan fingerprint density at radius 3 is 3.18 bits per heavy atom. The first-order chi connectivity index (χ1) is 8.36. The zero-order valence-electron chi connectivity index (χ0n) is 9.68. The standard InChI is InChI=1S/C11H15N5O/c1-2-17-7-6-14-11(15-9-12)16-10-4-3-5-13-8-10/h3-5,8H,2,6-7H2,1H3,(H2,14,15,16). The van der Waals surface area contributed by atoms with Gasteiger partial charge in [0.15, 0.2) is 6.19 Å². The number of hydrogen-bond donors (Lipinski definition) is 2. The highest BCUT2D eigenvalue weighted by Crippen LogP contribution is 2.01. The van der Waals surface area contributed by atoms with E-state index in [9.17, 15) is 0 Å². The number of hydrogen-bond acceptors (Lipinski definition) is 4. The quantitative estimate of drug-likeness (QED) is 0.260. The Bertz CT molecular complexity index is 385. The Kier molecular flexibility index (Phi) is 6.14. The molecule has 0 aliphatic carbocycles. The van der Waals surface area contributed by atoms with Gasteiger partial charge in [-0.25, -0.2) is 4.99 Å². The molecule has 0 unspecified atom stereocenters. The van der Waals surface area contributed by atoms with Gasteiger partial charge in [0, 0.05) is 12.8 Å². The van der Waals surface area contributed by atoms with E-state index >= 15 is 0 Å². The average Bonchev–Trinajstić information content (AvgIpc) is 2.36. The second-order valence-corrected chi connectivity index (χ2v) is 3.03. The smallest absolute Gasteiger partial charge is 0.209 e. The van der Waals surface area contributed by atoms with Gasteiger partial charge >= 0.3 is 0 Å². The Morgan fingerprint density at radius 2 is 2.53 bits per heavy atom. The van der Waals surface area contributed by atoms with Crippen LogP contribution in [0.2, 0.25) is 0 Å². The molecule has 0 radical (unpaired) electrons. The van der Waals surface area contributed by atoms with Crippen LogP contribution in [0.5, 0.6) is 0 Å². The summed E-state index contributed by atoms with van der Waals surface area (Å²) in [6.07, 6.45) is 5.15. The molecule has 90 valence electrons. The van der Waals surface area contributed by atoms with Crippen molar-refractivity contribution in [1.29, 1.82) is 5.26 Å². The van der Waals surface area contributed by atoms with E-state index in [1.165, 1.54) is 0 Å². The molecule has 1 aromatic rings. The maximum atomic E-state index is 8.59. The van der Waals surface area contributed by atoms with E-state index in [0.29, 0.717) is 25.7 Å². The number of nitriles is 1. The van der Waals surface area contributed by atoms with Crippen molar-refractivity contribution in [3.63, 3.8) is 0 Å². The van der Waals surface area contributed by atoms with Crippen LogP contribution >= 0.6 is 0 Å². The third kappa shape index (κ3) is 5.49. The van der Waals surface area contributed by atoms with Gasteiger partial charge in [-0.2, -0.15) is 5.26 Å². The lowest BCUT2D eigenvalue weighted by Crippen LogP contribution is -2.27. The molecule has 0 aromatic carbocycles. The molecule has 0 atom stereocenters. The Morgan fingerprint density at radius 1 is 1.65 bits per heavy atom. The predicted octanol–water partition coefficient (Wildman–Crippen LogP) is 0.957. The van der Waals surface area contributed by atoms with Gasteiger partial charge in [0.25, 0.3) is 0 Å². The molecule has 1 heterocycles. The average molecular weight is 233 g/mol. The number of aliphatic imine (C=N–C) groups is 1. The largest absolute Gasteiger partial charge is 0.380 e. The fourth-order valence-corrected chi connectivity index (χ4v) is 1.10. The fraction of sp³-hybridized carbons (Fsp3) is 0.364. The first kappa shape index (κ1) is 12.9. The van der Waals surface area contributed by atoms with Crippen LogP contribution in [0.15, 0.2) is 29.5 Å². The number of aromatic nitrogens is 1. The second-order valence-electron chi connectivity index (χ2n) is 3.03. The molecule has 0 fully saturated rings. The zero-order chi connectivity index (χ0) is 12.3. The van der Waals surface area contributed by atoms with Crippen LogP contribution in [0.3, 0.4) is 0 Å². The van der Waals surface area contributed by atoms with E-state index < -0.39 is 0 Å². The molecule has 2 N–H and O–H groups in total. The number of guanidine groups is 1. The monoisotopic (exact) mass is 233 g/mol. The van der Waals surface area contributed by atoms with Gasteiger partial charge in [0.05, 0.1) is 25.0 Å². The summed E-state index contributed by atoms with van der Waals surface area (Å²) in [7, 11) is 0. The van der Waals surface area contributed by atoms with Crippen molar-refractivity contribution in [2.75, 3.05) is 25.1 Å². The predicted molar refractivity (Wildman–Crippen MR) is 65.4 cm³/mol. The summed E-state index contributed by atoms with van der Waals surface area (Å²) in [6, 6.07) is 3.64. The van der Waals surface area contributed by atoms with Gasteiger partial charge in [0.1, 0.15) is 0 Å². The van der Waals surface area contributed by atoms with Crippen molar-refractivity contribution in [3.05, 3.63) is 24.5 Å². The van der Waals surface area contributed by atoms with E-state index in [0.717, 1.165) is 5.69 Å². The molecule has 1 rings (SSSR count). The highest BCUT2D eigenvalue weighted by Gasteiger charge is 1.98. The molecule has 6 nitrogen and oxygen atoms in total. The summed E-state index contributed by atoms with van der Waals surface area (Å²) in [5.41, 5.74) is 0.769. The van der Waals surface area contributed by atoms with Gasteiger partial charge in [-0.05, 0) is 19.1 Å². The molecular formula is C11H15N5O. The summed E-state index contributed by atoms with van der Waals surface area (Å²) in [5, 5.41) is 14.0. The third-order valence-electron chi connectivity index (χ3n) is 1.81. The summed E-state index contributed by atoms with van der Waals surface area (Å²) in [4.78, 5) is 8.12. The van der Waals surface area contributed by atoms with Crippen molar-refractivity contribution in [1.82, 2.24) is 10.3 Å². The molecular weight excluding hydrogens is 218 g/mol. The summed E-state index contributed by atoms with van der Waals surface area (Å²) >= 11 is 0. The summed E-state index contributed by atoms with van der Waals surface area (Å²) < 4.78 is 5.15. The minimum Gasteiger partial charge on any atom is -0.380 e. The van der Waals surface area contributed by atoms with E-state index in [1.807, 2.05) is 19.2 Å². The first-order valence-electron chi connectivity index (χ1n) is 5.31. The normalized spacial score (nSPS) is 10.7. The van der Waals surface area contributed by atoms with Crippen LogP contribution in [0.4, 0.5) is 5.69 Å². The lowest BCUT2D eigenvalue weighted by Gasteiger charge is -2.07. The second kappa shape index (κ2) is 8.07. The lowest BCUT2D eigenvalue weighted by atomic mass is 10.4. The SMILES string of the molecule is CCOCCN=C(NC#N)Nc1cccnc1. The number of rotatable bonds is 5. The number of anilines is 1. The summed E-state index contributed by atoms with van der Waals surface area (Å²) in [6.45, 7) is 3.60. The van der Waals surface area contributed by atoms with Crippen molar-refractivity contribution >= 4 is 11.6 Å². The van der Waals surface area contributed by atoms with Gasteiger partial charge in [0.2, 0.25) is 5.96 Å². The number of nitrogens with one attached hydrogen (secondary N) is 2. The molecule has 6 heteroatoms. The maximum Gasteiger partial charge on any atom is 0.209 e.